The van der Waals surface area contributed by atoms with Gasteiger partial charge in [-0.25, -0.2) is 0 Å². The Kier molecular flexibility index (Phi) is 7.71. The molecule has 0 N–H and O–H groups in total. The molecule has 0 aliphatic rings. The zero-order valence-electron chi connectivity index (χ0n) is 9.07. The highest BCUT2D eigenvalue weighted by Gasteiger charge is 1.91. The van der Waals surface area contributed by atoms with Crippen molar-refractivity contribution in [3.8, 4) is 0 Å². The van der Waals surface area contributed by atoms with Crippen LogP contribution in [-0.2, 0) is 4.74 Å². The molecule has 0 unspecified atom stereocenters. The zero-order valence-corrected chi connectivity index (χ0v) is 9.07. The molecule has 0 aliphatic carbocycles. The Balaban J connectivity index is 3.00. The van der Waals surface area contributed by atoms with E-state index in [0.29, 0.717) is 0 Å². The monoisotopic (exact) mass is 182 g/mol. The zero-order chi connectivity index (χ0) is 10.1. The average molecular weight is 182 g/mol. The second-order valence-electron chi connectivity index (χ2n) is 3.73. The summed E-state index contributed by atoms with van der Waals surface area (Å²) in [4.78, 5) is 0. The fraction of sp³-hybridized carbons (Fsp3) is 0.667. The fourth-order valence-electron chi connectivity index (χ4n) is 1.05. The molecule has 13 heavy (non-hydrogen) atoms. The highest BCUT2D eigenvalue weighted by molar-refractivity contribution is 4.87. The fourth-order valence-corrected chi connectivity index (χ4v) is 1.05. The summed E-state index contributed by atoms with van der Waals surface area (Å²) in [6, 6.07) is 0. The van der Waals surface area contributed by atoms with Crippen molar-refractivity contribution in [2.24, 2.45) is 0 Å². The quantitative estimate of drug-likeness (QED) is 0.410. The van der Waals surface area contributed by atoms with Gasteiger partial charge in [-0.3, -0.25) is 0 Å². The van der Waals surface area contributed by atoms with Crippen molar-refractivity contribution in [1.29, 1.82) is 0 Å². The number of hydrogen-bond acceptors (Lipinski definition) is 1. The van der Waals surface area contributed by atoms with E-state index in [1.54, 1.807) is 0 Å². The van der Waals surface area contributed by atoms with Crippen molar-refractivity contribution in [2.45, 2.75) is 39.5 Å². The molecule has 0 aliphatic heterocycles. The first-order chi connectivity index (χ1) is 6.13. The van der Waals surface area contributed by atoms with E-state index < -0.39 is 0 Å². The minimum Gasteiger partial charge on any atom is -0.381 e. The van der Waals surface area contributed by atoms with E-state index in [1.165, 1.54) is 11.1 Å². The Morgan fingerprint density at radius 2 is 1.31 bits per heavy atom. The summed E-state index contributed by atoms with van der Waals surface area (Å²) in [6.45, 7) is 13.5. The topological polar surface area (TPSA) is 9.23 Å². The van der Waals surface area contributed by atoms with Gasteiger partial charge in [0.1, 0.15) is 0 Å². The summed E-state index contributed by atoms with van der Waals surface area (Å²) in [5, 5.41) is 0. The molecule has 0 fully saturated rings. The maximum absolute atomic E-state index is 5.45. The van der Waals surface area contributed by atoms with Crippen molar-refractivity contribution >= 4 is 0 Å². The van der Waals surface area contributed by atoms with E-state index in [4.69, 9.17) is 4.74 Å². The van der Waals surface area contributed by atoms with Gasteiger partial charge in [-0.1, -0.05) is 11.1 Å². The van der Waals surface area contributed by atoms with Crippen molar-refractivity contribution in [3.05, 3.63) is 24.3 Å². The van der Waals surface area contributed by atoms with Crippen LogP contribution in [0.1, 0.15) is 39.5 Å². The van der Waals surface area contributed by atoms with Crippen molar-refractivity contribution in [2.75, 3.05) is 13.2 Å². The molecule has 1 nitrogen and oxygen atoms in total. The molecule has 0 atom stereocenters. The molecular formula is C12H22O. The van der Waals surface area contributed by atoms with Gasteiger partial charge in [-0.05, 0) is 39.5 Å². The van der Waals surface area contributed by atoms with Crippen LogP contribution in [0.2, 0.25) is 0 Å². The summed E-state index contributed by atoms with van der Waals surface area (Å²) in [5.41, 5.74) is 2.48. The van der Waals surface area contributed by atoms with E-state index in [9.17, 15) is 0 Å². The Hall–Kier alpha value is -0.560. The smallest absolute Gasteiger partial charge is 0.0469 e. The summed E-state index contributed by atoms with van der Waals surface area (Å²) < 4.78 is 5.45. The first-order valence-electron chi connectivity index (χ1n) is 4.99. The lowest BCUT2D eigenvalue weighted by Crippen LogP contribution is -1.97. The number of ether oxygens (including phenoxy) is 1. The summed E-state index contributed by atoms with van der Waals surface area (Å²) >= 11 is 0. The third-order valence-corrected chi connectivity index (χ3v) is 1.78. The van der Waals surface area contributed by atoms with Crippen LogP contribution in [0.15, 0.2) is 24.3 Å². The maximum atomic E-state index is 5.45. The predicted molar refractivity (Wildman–Crippen MR) is 58.9 cm³/mol. The van der Waals surface area contributed by atoms with Crippen molar-refractivity contribution in [3.63, 3.8) is 0 Å². The van der Waals surface area contributed by atoms with Gasteiger partial charge >= 0.3 is 0 Å². The van der Waals surface area contributed by atoms with Crippen molar-refractivity contribution in [1.82, 2.24) is 0 Å². The van der Waals surface area contributed by atoms with E-state index in [0.717, 1.165) is 38.9 Å². The summed E-state index contributed by atoms with van der Waals surface area (Å²) in [7, 11) is 0. The molecule has 0 aromatic rings. The maximum Gasteiger partial charge on any atom is 0.0469 e. The van der Waals surface area contributed by atoms with Crippen LogP contribution in [0.3, 0.4) is 0 Å². The number of hydrogen-bond donors (Lipinski definition) is 0. The Morgan fingerprint density at radius 1 is 0.923 bits per heavy atom. The molecule has 76 valence electrons. The molecule has 0 saturated carbocycles. The molecule has 0 aromatic carbocycles. The van der Waals surface area contributed by atoms with Gasteiger partial charge in [0.15, 0.2) is 0 Å². The Morgan fingerprint density at radius 3 is 1.62 bits per heavy atom. The Bertz CT molecular complexity index is 141. The van der Waals surface area contributed by atoms with Gasteiger partial charge in [-0.2, -0.15) is 0 Å². The summed E-state index contributed by atoms with van der Waals surface area (Å²) in [5.74, 6) is 0. The van der Waals surface area contributed by atoms with Crippen LogP contribution in [0.4, 0.5) is 0 Å². The van der Waals surface area contributed by atoms with Crippen LogP contribution in [0.5, 0.6) is 0 Å². The van der Waals surface area contributed by atoms with Gasteiger partial charge in [0.05, 0.1) is 0 Å². The van der Waals surface area contributed by atoms with E-state index in [-0.39, 0.29) is 0 Å². The molecule has 0 heterocycles. The van der Waals surface area contributed by atoms with Crippen LogP contribution < -0.4 is 0 Å². The number of allylic oxidation sites excluding steroid dienone is 2. The minimum atomic E-state index is 0.864. The van der Waals surface area contributed by atoms with E-state index in [2.05, 4.69) is 27.0 Å². The van der Waals surface area contributed by atoms with E-state index in [1.807, 2.05) is 0 Å². The second kappa shape index (κ2) is 8.06. The van der Waals surface area contributed by atoms with Gasteiger partial charge in [0, 0.05) is 13.2 Å². The first-order valence-corrected chi connectivity index (χ1v) is 4.99. The van der Waals surface area contributed by atoms with Crippen LogP contribution in [-0.4, -0.2) is 13.2 Å². The molecule has 0 saturated heterocycles. The van der Waals surface area contributed by atoms with Crippen LogP contribution >= 0.6 is 0 Å². The Labute approximate surface area is 82.5 Å². The van der Waals surface area contributed by atoms with Gasteiger partial charge < -0.3 is 4.74 Å². The summed E-state index contributed by atoms with van der Waals surface area (Å²) in [6.07, 6.45) is 4.37. The third-order valence-electron chi connectivity index (χ3n) is 1.78. The molecule has 0 amide bonds. The first kappa shape index (κ1) is 12.4. The standard InChI is InChI=1S/C12H22O/c1-11(2)7-5-9-13-10-6-8-12(3)4/h1,3,5-10H2,2,4H3. The minimum absolute atomic E-state index is 0.864. The second-order valence-corrected chi connectivity index (χ2v) is 3.73. The normalized spacial score (nSPS) is 10.0. The predicted octanol–water partition coefficient (Wildman–Crippen LogP) is 3.72. The van der Waals surface area contributed by atoms with Crippen LogP contribution in [0.25, 0.3) is 0 Å². The van der Waals surface area contributed by atoms with Gasteiger partial charge in [0.25, 0.3) is 0 Å². The largest absolute Gasteiger partial charge is 0.381 e. The molecule has 0 bridgehead atoms. The third kappa shape index (κ3) is 11.4. The highest BCUT2D eigenvalue weighted by Crippen LogP contribution is 2.03. The van der Waals surface area contributed by atoms with E-state index >= 15 is 0 Å². The molecule has 0 rings (SSSR count). The SMILES string of the molecule is C=C(C)CCCOCCCC(=C)C. The average Bonchev–Trinajstić information content (AvgIpc) is 2.01. The van der Waals surface area contributed by atoms with Crippen molar-refractivity contribution < 1.29 is 4.74 Å². The highest BCUT2D eigenvalue weighted by atomic mass is 16.5. The molecule has 0 aromatic heterocycles. The van der Waals surface area contributed by atoms with Gasteiger partial charge in [0.2, 0.25) is 0 Å². The lowest BCUT2D eigenvalue weighted by Gasteiger charge is -2.03. The van der Waals surface area contributed by atoms with Gasteiger partial charge in [-0.15, -0.1) is 13.2 Å². The molecular weight excluding hydrogens is 160 g/mol. The number of rotatable bonds is 8. The lowest BCUT2D eigenvalue weighted by molar-refractivity contribution is 0.130. The molecule has 1 heteroatoms. The lowest BCUT2D eigenvalue weighted by atomic mass is 10.2. The molecule has 0 radical (unpaired) electrons. The molecule has 0 spiro atoms. The van der Waals surface area contributed by atoms with Crippen LogP contribution in [0, 0.1) is 0 Å².